The molecule has 1 amide bonds. The van der Waals surface area contributed by atoms with Crippen LogP contribution in [0.5, 0.6) is 0 Å². The molecule has 5 heteroatoms. The van der Waals surface area contributed by atoms with E-state index in [-0.39, 0.29) is 24.4 Å². The van der Waals surface area contributed by atoms with Crippen LogP contribution in [0.4, 0.5) is 0 Å². The molecular formula is C20H32ClN3O. The smallest absolute Gasteiger partial charge is 0.236 e. The van der Waals surface area contributed by atoms with Crippen molar-refractivity contribution in [2.75, 3.05) is 26.7 Å². The lowest BCUT2D eigenvalue weighted by molar-refractivity contribution is -0.134. The molecule has 1 aromatic rings. The normalized spacial score (nSPS) is 29.9. The van der Waals surface area contributed by atoms with E-state index in [2.05, 4.69) is 36.1 Å². The van der Waals surface area contributed by atoms with E-state index in [9.17, 15) is 4.79 Å². The van der Waals surface area contributed by atoms with Gasteiger partial charge in [0.25, 0.3) is 0 Å². The lowest BCUT2D eigenvalue weighted by Crippen LogP contribution is -2.46. The van der Waals surface area contributed by atoms with Crippen LogP contribution in [0.25, 0.3) is 0 Å². The Labute approximate surface area is 158 Å². The van der Waals surface area contributed by atoms with Crippen molar-refractivity contribution in [3.05, 3.63) is 35.9 Å². The topological polar surface area (TPSA) is 49.6 Å². The van der Waals surface area contributed by atoms with Crippen LogP contribution in [0.2, 0.25) is 0 Å². The summed E-state index contributed by atoms with van der Waals surface area (Å²) in [6, 6.07) is 11.0. The number of carbonyl (C=O) groups is 1. The lowest BCUT2D eigenvalue weighted by atomic mass is 9.85. The van der Waals surface area contributed by atoms with Crippen LogP contribution in [0.15, 0.2) is 30.3 Å². The fraction of sp³-hybridized carbons (Fsp3) is 0.650. The van der Waals surface area contributed by atoms with Crippen molar-refractivity contribution < 1.29 is 4.79 Å². The van der Waals surface area contributed by atoms with Crippen molar-refractivity contribution in [2.24, 2.45) is 11.7 Å². The summed E-state index contributed by atoms with van der Waals surface area (Å²) >= 11 is 0. The second-order valence-corrected chi connectivity index (χ2v) is 7.71. The van der Waals surface area contributed by atoms with Gasteiger partial charge in [0.2, 0.25) is 5.91 Å². The summed E-state index contributed by atoms with van der Waals surface area (Å²) in [5, 5.41) is 0. The maximum absolute atomic E-state index is 12.7. The number of nitrogens with zero attached hydrogens (tertiary/aromatic N) is 2. The molecule has 25 heavy (non-hydrogen) atoms. The van der Waals surface area contributed by atoms with Crippen molar-refractivity contribution >= 4 is 18.3 Å². The number of nitrogens with two attached hydrogens (primary N) is 1. The summed E-state index contributed by atoms with van der Waals surface area (Å²) in [6.45, 7) is 4.46. The summed E-state index contributed by atoms with van der Waals surface area (Å²) in [6.07, 6.45) is 4.94. The van der Waals surface area contributed by atoms with Gasteiger partial charge in [-0.25, -0.2) is 0 Å². The van der Waals surface area contributed by atoms with Crippen molar-refractivity contribution in [1.82, 2.24) is 9.80 Å². The molecule has 1 aliphatic carbocycles. The Bertz CT molecular complexity index is 553. The molecule has 140 valence electrons. The van der Waals surface area contributed by atoms with E-state index in [1.807, 2.05) is 18.0 Å². The first-order valence-electron chi connectivity index (χ1n) is 9.35. The highest BCUT2D eigenvalue weighted by Crippen LogP contribution is 2.29. The fourth-order valence-corrected chi connectivity index (χ4v) is 4.46. The quantitative estimate of drug-likeness (QED) is 0.892. The van der Waals surface area contributed by atoms with Gasteiger partial charge in [-0.2, -0.15) is 0 Å². The third-order valence-electron chi connectivity index (χ3n) is 5.98. The van der Waals surface area contributed by atoms with Crippen LogP contribution in [-0.2, 0) is 4.79 Å². The number of halogens is 1. The Balaban J connectivity index is 0.00000225. The summed E-state index contributed by atoms with van der Waals surface area (Å²) in [7, 11) is 1.99. The van der Waals surface area contributed by atoms with Crippen LogP contribution < -0.4 is 5.73 Å². The molecule has 2 unspecified atom stereocenters. The Morgan fingerprint density at radius 1 is 1.20 bits per heavy atom. The van der Waals surface area contributed by atoms with Crippen LogP contribution in [-0.4, -0.2) is 54.5 Å². The predicted octanol–water partition coefficient (Wildman–Crippen LogP) is 2.87. The second-order valence-electron chi connectivity index (χ2n) is 7.71. The third kappa shape index (κ3) is 4.75. The highest BCUT2D eigenvalue weighted by atomic mass is 35.5. The zero-order valence-electron chi connectivity index (χ0n) is 15.4. The van der Waals surface area contributed by atoms with E-state index in [1.165, 1.54) is 24.8 Å². The number of rotatable bonds is 4. The zero-order chi connectivity index (χ0) is 17.1. The average Bonchev–Trinajstić information content (AvgIpc) is 2.95. The number of hydrogen-bond acceptors (Lipinski definition) is 3. The van der Waals surface area contributed by atoms with Gasteiger partial charge in [0.15, 0.2) is 0 Å². The molecule has 4 nitrogen and oxygen atoms in total. The van der Waals surface area contributed by atoms with Crippen LogP contribution in [0.3, 0.4) is 0 Å². The molecule has 1 saturated heterocycles. The molecule has 1 saturated carbocycles. The molecular weight excluding hydrogens is 334 g/mol. The van der Waals surface area contributed by atoms with Gasteiger partial charge in [0, 0.05) is 38.1 Å². The molecule has 2 fully saturated rings. The highest BCUT2D eigenvalue weighted by Gasteiger charge is 2.34. The summed E-state index contributed by atoms with van der Waals surface area (Å²) in [4.78, 5) is 17.0. The number of likely N-dealkylation sites (tertiary alicyclic amines) is 1. The van der Waals surface area contributed by atoms with Crippen molar-refractivity contribution in [2.45, 2.75) is 50.6 Å². The summed E-state index contributed by atoms with van der Waals surface area (Å²) in [5.41, 5.74) is 7.64. The second kappa shape index (κ2) is 9.02. The van der Waals surface area contributed by atoms with Crippen LogP contribution in [0.1, 0.15) is 44.1 Å². The molecule has 1 aliphatic heterocycles. The first-order chi connectivity index (χ1) is 11.6. The Kier molecular flexibility index (Phi) is 7.29. The van der Waals surface area contributed by atoms with E-state index < -0.39 is 0 Å². The molecule has 0 radical (unpaired) electrons. The van der Waals surface area contributed by atoms with Gasteiger partial charge in [0.1, 0.15) is 0 Å². The van der Waals surface area contributed by atoms with E-state index >= 15 is 0 Å². The standard InChI is InChI=1S/C20H31N3O.ClH/c1-15-8-6-7-11-19(15)22(2)20(24)14-23-12-17(18(21)13-23)16-9-4-3-5-10-16;/h3-5,9-10,15,17-19H,6-8,11-14,21H2,1-2H3;1H/t15?,17-,18+,19?;/m0./s1. The number of amides is 1. The number of benzene rings is 1. The average molecular weight is 366 g/mol. The Hall–Kier alpha value is -1.10. The van der Waals surface area contributed by atoms with Crippen molar-refractivity contribution in [1.29, 1.82) is 0 Å². The summed E-state index contributed by atoms with van der Waals surface area (Å²) in [5.74, 6) is 1.19. The van der Waals surface area contributed by atoms with Gasteiger partial charge in [-0.3, -0.25) is 9.69 Å². The maximum Gasteiger partial charge on any atom is 0.236 e. The fourth-order valence-electron chi connectivity index (χ4n) is 4.46. The highest BCUT2D eigenvalue weighted by molar-refractivity contribution is 5.85. The first kappa shape index (κ1) is 20.2. The van der Waals surface area contributed by atoms with E-state index in [0.717, 1.165) is 19.5 Å². The SMILES string of the molecule is CC1CCCCC1N(C)C(=O)CN1C[C@@H](N)[C@H](c2ccccc2)C1.Cl. The molecule has 2 N–H and O–H groups in total. The van der Waals surface area contributed by atoms with Gasteiger partial charge in [0.05, 0.1) is 6.54 Å². The van der Waals surface area contributed by atoms with E-state index in [0.29, 0.717) is 24.4 Å². The lowest BCUT2D eigenvalue weighted by Gasteiger charge is -2.37. The molecule has 4 atom stereocenters. The first-order valence-corrected chi connectivity index (χ1v) is 9.35. The molecule has 0 spiro atoms. The Morgan fingerprint density at radius 2 is 1.88 bits per heavy atom. The predicted molar refractivity (Wildman–Crippen MR) is 105 cm³/mol. The van der Waals surface area contributed by atoms with Gasteiger partial charge >= 0.3 is 0 Å². The molecule has 0 aromatic heterocycles. The maximum atomic E-state index is 12.7. The Morgan fingerprint density at radius 3 is 2.56 bits per heavy atom. The van der Waals surface area contributed by atoms with Gasteiger partial charge in [-0.05, 0) is 24.3 Å². The molecule has 0 bridgehead atoms. The largest absolute Gasteiger partial charge is 0.341 e. The number of likely N-dealkylation sites (N-methyl/N-ethyl adjacent to an activating group) is 1. The van der Waals surface area contributed by atoms with Gasteiger partial charge < -0.3 is 10.6 Å². The minimum Gasteiger partial charge on any atom is -0.341 e. The van der Waals surface area contributed by atoms with E-state index in [1.54, 1.807) is 0 Å². The minimum absolute atomic E-state index is 0. The molecule has 3 rings (SSSR count). The minimum atomic E-state index is 0. The monoisotopic (exact) mass is 365 g/mol. The molecule has 1 aromatic carbocycles. The number of carbonyl (C=O) groups excluding carboxylic acids is 1. The van der Waals surface area contributed by atoms with Crippen LogP contribution >= 0.6 is 12.4 Å². The summed E-state index contributed by atoms with van der Waals surface area (Å²) < 4.78 is 0. The van der Waals surface area contributed by atoms with E-state index in [4.69, 9.17) is 5.73 Å². The third-order valence-corrected chi connectivity index (χ3v) is 5.98. The number of hydrogen-bond donors (Lipinski definition) is 1. The molecule has 1 heterocycles. The molecule has 2 aliphatic rings. The van der Waals surface area contributed by atoms with Crippen LogP contribution in [0, 0.1) is 5.92 Å². The zero-order valence-corrected chi connectivity index (χ0v) is 16.3. The van der Waals surface area contributed by atoms with Gasteiger partial charge in [-0.1, -0.05) is 50.1 Å². The van der Waals surface area contributed by atoms with Crippen molar-refractivity contribution in [3.8, 4) is 0 Å². The van der Waals surface area contributed by atoms with Gasteiger partial charge in [-0.15, -0.1) is 12.4 Å². The van der Waals surface area contributed by atoms with Crippen molar-refractivity contribution in [3.63, 3.8) is 0 Å².